The second-order valence-electron chi connectivity index (χ2n) is 3.03. The van der Waals surface area contributed by atoms with E-state index in [4.69, 9.17) is 15.2 Å². The number of hydrogen-bond acceptors (Lipinski definition) is 3. The van der Waals surface area contributed by atoms with Gasteiger partial charge in [0.2, 0.25) is 0 Å². The molecular weight excluding hydrogens is 190 g/mol. The fraction of sp³-hybridized carbons (Fsp3) is 0.333. The summed E-state index contributed by atoms with van der Waals surface area (Å²) in [6.45, 7) is 2.93. The van der Waals surface area contributed by atoms with Gasteiger partial charge >= 0.3 is 0 Å². The van der Waals surface area contributed by atoms with Gasteiger partial charge in [0.05, 0.1) is 7.11 Å². The Balaban J connectivity index is 2.89. The molecule has 0 atom stereocenters. The first-order valence-corrected chi connectivity index (χ1v) is 4.93. The van der Waals surface area contributed by atoms with Crippen LogP contribution >= 0.6 is 0 Å². The minimum Gasteiger partial charge on any atom is -0.493 e. The van der Waals surface area contributed by atoms with Crippen molar-refractivity contribution >= 4 is 0 Å². The van der Waals surface area contributed by atoms with E-state index in [0.29, 0.717) is 13.2 Å². The molecule has 1 rings (SSSR count). The Bertz CT molecular complexity index is 312. The molecule has 0 aromatic heterocycles. The van der Waals surface area contributed by atoms with Gasteiger partial charge in [-0.3, -0.25) is 0 Å². The zero-order chi connectivity index (χ0) is 11.1. The summed E-state index contributed by atoms with van der Waals surface area (Å²) in [5.41, 5.74) is 6.58. The number of benzene rings is 1. The summed E-state index contributed by atoms with van der Waals surface area (Å²) in [6.07, 6.45) is 3.88. The Hall–Kier alpha value is -1.48. The van der Waals surface area contributed by atoms with Crippen LogP contribution < -0.4 is 15.2 Å². The molecule has 0 amide bonds. The van der Waals surface area contributed by atoms with Crippen LogP contribution in [-0.4, -0.2) is 13.7 Å². The lowest BCUT2D eigenvalue weighted by Crippen LogP contribution is -2.04. The lowest BCUT2D eigenvalue weighted by molar-refractivity contribution is 0.323. The lowest BCUT2D eigenvalue weighted by atomic mass is 10.2. The predicted molar refractivity (Wildman–Crippen MR) is 61.2 cm³/mol. The smallest absolute Gasteiger partial charge is 0.166 e. The monoisotopic (exact) mass is 207 g/mol. The van der Waals surface area contributed by atoms with Gasteiger partial charge in [0, 0.05) is 12.1 Å². The Morgan fingerprint density at radius 3 is 2.80 bits per heavy atom. The molecule has 1 aromatic rings. The molecule has 3 heteroatoms. The highest BCUT2D eigenvalue weighted by molar-refractivity contribution is 5.46. The molecule has 0 saturated heterocycles. The van der Waals surface area contributed by atoms with Crippen molar-refractivity contribution in [3.63, 3.8) is 0 Å². The molecule has 0 radical (unpaired) electrons. The van der Waals surface area contributed by atoms with Crippen molar-refractivity contribution in [2.75, 3.05) is 13.7 Å². The average molecular weight is 207 g/mol. The lowest BCUT2D eigenvalue weighted by Gasteiger charge is -2.12. The first-order chi connectivity index (χ1) is 7.33. The van der Waals surface area contributed by atoms with Crippen molar-refractivity contribution in [2.45, 2.75) is 13.5 Å². The molecule has 0 aliphatic heterocycles. The molecule has 0 aliphatic rings. The normalized spacial score (nSPS) is 10.6. The third kappa shape index (κ3) is 2.99. The second-order valence-corrected chi connectivity index (χ2v) is 3.03. The highest BCUT2D eigenvalue weighted by atomic mass is 16.5. The van der Waals surface area contributed by atoms with Crippen molar-refractivity contribution in [1.82, 2.24) is 0 Å². The third-order valence-electron chi connectivity index (χ3n) is 2.06. The number of allylic oxidation sites excluding steroid dienone is 1. The van der Waals surface area contributed by atoms with Crippen LogP contribution in [0.1, 0.15) is 12.5 Å². The highest BCUT2D eigenvalue weighted by Crippen LogP contribution is 2.30. The molecule has 0 aliphatic carbocycles. The van der Waals surface area contributed by atoms with E-state index in [0.717, 1.165) is 17.1 Å². The quantitative estimate of drug-likeness (QED) is 0.752. The van der Waals surface area contributed by atoms with Crippen LogP contribution in [0.4, 0.5) is 0 Å². The van der Waals surface area contributed by atoms with Crippen molar-refractivity contribution in [2.24, 2.45) is 5.73 Å². The van der Waals surface area contributed by atoms with Gasteiger partial charge in [-0.25, -0.2) is 0 Å². The number of nitrogens with two attached hydrogens (primary N) is 1. The van der Waals surface area contributed by atoms with Crippen molar-refractivity contribution < 1.29 is 9.47 Å². The maximum atomic E-state index is 5.62. The van der Waals surface area contributed by atoms with Gasteiger partial charge in [-0.15, -0.1) is 0 Å². The van der Waals surface area contributed by atoms with Crippen LogP contribution in [0.15, 0.2) is 30.4 Å². The first kappa shape index (κ1) is 11.6. The van der Waals surface area contributed by atoms with E-state index in [1.165, 1.54) is 0 Å². The summed E-state index contributed by atoms with van der Waals surface area (Å²) in [7, 11) is 1.62. The summed E-state index contributed by atoms with van der Waals surface area (Å²) in [6, 6.07) is 5.71. The maximum absolute atomic E-state index is 5.62. The SMILES string of the molecule is C/C=C/COc1c(CN)cccc1OC. The largest absolute Gasteiger partial charge is 0.493 e. The summed E-state index contributed by atoms with van der Waals surface area (Å²) < 4.78 is 10.8. The molecule has 3 nitrogen and oxygen atoms in total. The number of hydrogen-bond donors (Lipinski definition) is 1. The van der Waals surface area contributed by atoms with Crippen molar-refractivity contribution in [1.29, 1.82) is 0 Å². The minimum atomic E-state index is 0.447. The molecule has 0 bridgehead atoms. The van der Waals surface area contributed by atoms with Gasteiger partial charge in [-0.2, -0.15) is 0 Å². The van der Waals surface area contributed by atoms with Crippen LogP contribution in [-0.2, 0) is 6.54 Å². The minimum absolute atomic E-state index is 0.447. The Labute approximate surface area is 90.5 Å². The average Bonchev–Trinajstić information content (AvgIpc) is 2.29. The molecule has 0 spiro atoms. The summed E-state index contributed by atoms with van der Waals surface area (Å²) in [4.78, 5) is 0. The van der Waals surface area contributed by atoms with E-state index < -0.39 is 0 Å². The Morgan fingerprint density at radius 1 is 1.40 bits per heavy atom. The van der Waals surface area contributed by atoms with Gasteiger partial charge in [0.15, 0.2) is 11.5 Å². The summed E-state index contributed by atoms with van der Waals surface area (Å²) in [5.74, 6) is 1.46. The van der Waals surface area contributed by atoms with Crippen LogP contribution in [0.2, 0.25) is 0 Å². The highest BCUT2D eigenvalue weighted by Gasteiger charge is 2.08. The van der Waals surface area contributed by atoms with Crippen LogP contribution in [0.25, 0.3) is 0 Å². The molecule has 0 saturated carbocycles. The van der Waals surface area contributed by atoms with Crippen molar-refractivity contribution in [3.8, 4) is 11.5 Å². The summed E-state index contributed by atoms with van der Waals surface area (Å²) in [5, 5.41) is 0. The molecule has 2 N–H and O–H groups in total. The van der Waals surface area contributed by atoms with Crippen molar-refractivity contribution in [3.05, 3.63) is 35.9 Å². The molecule has 15 heavy (non-hydrogen) atoms. The third-order valence-corrected chi connectivity index (χ3v) is 2.06. The first-order valence-electron chi connectivity index (χ1n) is 4.93. The molecule has 0 unspecified atom stereocenters. The second kappa shape index (κ2) is 6.09. The fourth-order valence-corrected chi connectivity index (χ4v) is 1.27. The van der Waals surface area contributed by atoms with Gasteiger partial charge in [-0.05, 0) is 13.0 Å². The van der Waals surface area contributed by atoms with E-state index in [1.54, 1.807) is 7.11 Å². The van der Waals surface area contributed by atoms with Gasteiger partial charge in [-0.1, -0.05) is 24.3 Å². The van der Waals surface area contributed by atoms with Gasteiger partial charge < -0.3 is 15.2 Å². The Kier molecular flexibility index (Phi) is 4.71. The number of methoxy groups -OCH3 is 1. The van der Waals surface area contributed by atoms with Gasteiger partial charge in [0.25, 0.3) is 0 Å². The van der Waals surface area contributed by atoms with E-state index >= 15 is 0 Å². The van der Waals surface area contributed by atoms with E-state index in [1.807, 2.05) is 37.3 Å². The number of ether oxygens (including phenoxy) is 2. The van der Waals surface area contributed by atoms with Gasteiger partial charge in [0.1, 0.15) is 6.61 Å². The molecule has 1 aromatic carbocycles. The summed E-state index contributed by atoms with van der Waals surface area (Å²) >= 11 is 0. The van der Waals surface area contributed by atoms with Crippen LogP contribution in [0.3, 0.4) is 0 Å². The van der Waals surface area contributed by atoms with Crippen LogP contribution in [0.5, 0.6) is 11.5 Å². The molecule has 0 heterocycles. The Morgan fingerprint density at radius 2 is 2.20 bits per heavy atom. The predicted octanol–water partition coefficient (Wildman–Crippen LogP) is 2.11. The molecule has 82 valence electrons. The molecular formula is C12H17NO2. The fourth-order valence-electron chi connectivity index (χ4n) is 1.27. The molecule has 0 fully saturated rings. The number of para-hydroxylation sites is 1. The zero-order valence-electron chi connectivity index (χ0n) is 9.19. The van der Waals surface area contributed by atoms with E-state index in [-0.39, 0.29) is 0 Å². The number of rotatable bonds is 5. The standard InChI is InChI=1S/C12H17NO2/c1-3-4-8-15-12-10(9-13)6-5-7-11(12)14-2/h3-7H,8-9,13H2,1-2H3/b4-3+. The topological polar surface area (TPSA) is 44.5 Å². The zero-order valence-corrected chi connectivity index (χ0v) is 9.19. The van der Waals surface area contributed by atoms with Crippen LogP contribution in [0, 0.1) is 0 Å². The maximum Gasteiger partial charge on any atom is 0.166 e. The van der Waals surface area contributed by atoms with E-state index in [9.17, 15) is 0 Å². The van der Waals surface area contributed by atoms with E-state index in [2.05, 4.69) is 0 Å².